The number of rotatable bonds is 5. The summed E-state index contributed by atoms with van der Waals surface area (Å²) in [6, 6.07) is 12.0. The van der Waals surface area contributed by atoms with Gasteiger partial charge < -0.3 is 18.9 Å². The van der Waals surface area contributed by atoms with Crippen LogP contribution in [0.3, 0.4) is 0 Å². The molecule has 158 valence electrons. The van der Waals surface area contributed by atoms with E-state index in [1.54, 1.807) is 0 Å². The molecule has 0 unspecified atom stereocenters. The number of hydrogen-bond donors (Lipinski definition) is 0. The molecule has 0 N–H and O–H groups in total. The Balaban J connectivity index is 1.38. The normalized spacial score (nSPS) is 19.2. The summed E-state index contributed by atoms with van der Waals surface area (Å²) in [5.74, 6) is 0.438. The van der Waals surface area contributed by atoms with Crippen LogP contribution in [0, 0.1) is 0 Å². The Hall–Kier alpha value is -2.70. The highest BCUT2D eigenvalue weighted by atomic mass is 16.7. The molecule has 0 saturated carbocycles. The molecule has 0 bridgehead atoms. The van der Waals surface area contributed by atoms with E-state index < -0.39 is 11.6 Å². The largest absolute Gasteiger partial charge is 0.462 e. The van der Waals surface area contributed by atoms with Crippen molar-refractivity contribution < 1.29 is 18.9 Å². The summed E-state index contributed by atoms with van der Waals surface area (Å²) in [5.41, 5.74) is 4.00. The maximum absolute atomic E-state index is 5.99. The standard InChI is InChI=1S/C24H28N2O4/c1-23(2)27-15-19-9-5-7-17(21(19)29-23)13-25-11-12-26-14-18-8-6-10-20-16-28-24(3,4)30-22(18)20/h5-10,13-14H,11-12,15-16H2,1-4H3. The predicted molar refractivity (Wildman–Crippen MR) is 117 cm³/mol. The van der Waals surface area contributed by atoms with Gasteiger partial charge in [-0.15, -0.1) is 0 Å². The van der Waals surface area contributed by atoms with Crippen LogP contribution in [0.1, 0.15) is 49.9 Å². The molecule has 2 heterocycles. The molecule has 0 fully saturated rings. The molecule has 4 rings (SSSR count). The number of nitrogens with zero attached hydrogens (tertiary/aromatic N) is 2. The molecule has 2 aliphatic rings. The molecule has 30 heavy (non-hydrogen) atoms. The molecule has 6 heteroatoms. The maximum Gasteiger partial charge on any atom is 0.205 e. The summed E-state index contributed by atoms with van der Waals surface area (Å²) in [6.45, 7) is 9.92. The summed E-state index contributed by atoms with van der Waals surface area (Å²) in [6.07, 6.45) is 3.70. The molecule has 2 aromatic rings. The number of fused-ring (bicyclic) bond motifs is 2. The molecule has 0 radical (unpaired) electrons. The van der Waals surface area contributed by atoms with Crippen LogP contribution in [0.4, 0.5) is 0 Å². The molecular formula is C24H28N2O4. The highest BCUT2D eigenvalue weighted by Gasteiger charge is 2.29. The highest BCUT2D eigenvalue weighted by Crippen LogP contribution is 2.34. The topological polar surface area (TPSA) is 61.6 Å². The van der Waals surface area contributed by atoms with Crippen molar-refractivity contribution in [1.29, 1.82) is 0 Å². The molecule has 0 atom stereocenters. The van der Waals surface area contributed by atoms with Gasteiger partial charge in [-0.05, 0) is 12.1 Å². The summed E-state index contributed by atoms with van der Waals surface area (Å²) < 4.78 is 23.4. The van der Waals surface area contributed by atoms with Gasteiger partial charge in [0.1, 0.15) is 11.5 Å². The monoisotopic (exact) mass is 408 g/mol. The van der Waals surface area contributed by atoms with Gasteiger partial charge >= 0.3 is 0 Å². The summed E-state index contributed by atoms with van der Waals surface area (Å²) >= 11 is 0. The summed E-state index contributed by atoms with van der Waals surface area (Å²) in [4.78, 5) is 9.06. The van der Waals surface area contributed by atoms with Crippen LogP contribution in [-0.2, 0) is 22.7 Å². The van der Waals surface area contributed by atoms with E-state index in [0.29, 0.717) is 26.3 Å². The average molecular weight is 408 g/mol. The minimum absolute atomic E-state index is 0.541. The Bertz CT molecular complexity index is 900. The van der Waals surface area contributed by atoms with Gasteiger partial charge in [-0.25, -0.2) is 0 Å². The van der Waals surface area contributed by atoms with Crippen LogP contribution >= 0.6 is 0 Å². The third-order valence-corrected chi connectivity index (χ3v) is 4.92. The minimum atomic E-state index is -0.627. The number of benzene rings is 2. The van der Waals surface area contributed by atoms with Crippen molar-refractivity contribution in [2.24, 2.45) is 9.98 Å². The van der Waals surface area contributed by atoms with Crippen molar-refractivity contribution in [2.45, 2.75) is 52.5 Å². The fourth-order valence-electron chi connectivity index (χ4n) is 3.38. The van der Waals surface area contributed by atoms with E-state index in [1.807, 2.05) is 76.5 Å². The Labute approximate surface area is 177 Å². The first kappa shape index (κ1) is 20.6. The van der Waals surface area contributed by atoms with Gasteiger partial charge in [0.15, 0.2) is 0 Å². The summed E-state index contributed by atoms with van der Waals surface area (Å²) in [5, 5.41) is 0. The van der Waals surface area contributed by atoms with Crippen molar-refractivity contribution in [2.75, 3.05) is 13.1 Å². The lowest BCUT2D eigenvalue weighted by atomic mass is 10.1. The van der Waals surface area contributed by atoms with Gasteiger partial charge in [0, 0.05) is 62.4 Å². The predicted octanol–water partition coefficient (Wildman–Crippen LogP) is 4.51. The Morgan fingerprint density at radius 1 is 0.733 bits per heavy atom. The first-order valence-electron chi connectivity index (χ1n) is 10.2. The zero-order chi connectivity index (χ0) is 21.2. The number of aliphatic imine (C=N–C) groups is 2. The van der Waals surface area contributed by atoms with Crippen molar-refractivity contribution >= 4 is 12.4 Å². The summed E-state index contributed by atoms with van der Waals surface area (Å²) in [7, 11) is 0. The average Bonchev–Trinajstić information content (AvgIpc) is 2.70. The maximum atomic E-state index is 5.99. The molecule has 0 saturated heterocycles. The van der Waals surface area contributed by atoms with E-state index in [9.17, 15) is 0 Å². The third kappa shape index (κ3) is 4.71. The van der Waals surface area contributed by atoms with E-state index in [2.05, 4.69) is 9.98 Å². The van der Waals surface area contributed by atoms with Gasteiger partial charge in [-0.3, -0.25) is 9.98 Å². The number of hydrogen-bond acceptors (Lipinski definition) is 6. The smallest absolute Gasteiger partial charge is 0.205 e. The second-order valence-corrected chi connectivity index (χ2v) is 8.32. The van der Waals surface area contributed by atoms with E-state index in [1.165, 1.54) is 0 Å². The number of para-hydroxylation sites is 2. The van der Waals surface area contributed by atoms with Crippen LogP contribution in [0.15, 0.2) is 46.4 Å². The van der Waals surface area contributed by atoms with E-state index in [-0.39, 0.29) is 0 Å². The molecule has 0 amide bonds. The lowest BCUT2D eigenvalue weighted by molar-refractivity contribution is -0.180. The SMILES string of the molecule is CC1(C)OCc2cccc(C=NCCN=Cc3cccc4c3OC(C)(C)OC4)c2O1. The number of ether oxygens (including phenoxy) is 4. The Kier molecular flexibility index (Phi) is 5.62. The zero-order valence-electron chi connectivity index (χ0n) is 18.0. The molecular weight excluding hydrogens is 380 g/mol. The van der Waals surface area contributed by atoms with E-state index in [4.69, 9.17) is 18.9 Å². The highest BCUT2D eigenvalue weighted by molar-refractivity contribution is 5.85. The first-order valence-corrected chi connectivity index (χ1v) is 10.2. The fourth-order valence-corrected chi connectivity index (χ4v) is 3.38. The second kappa shape index (κ2) is 8.20. The zero-order valence-corrected chi connectivity index (χ0v) is 18.0. The van der Waals surface area contributed by atoms with Crippen molar-refractivity contribution in [3.8, 4) is 11.5 Å². The van der Waals surface area contributed by atoms with Crippen molar-refractivity contribution in [1.82, 2.24) is 0 Å². The molecule has 0 aromatic heterocycles. The fraction of sp³-hybridized carbons (Fsp3) is 0.417. The van der Waals surface area contributed by atoms with Gasteiger partial charge in [-0.1, -0.05) is 24.3 Å². The molecule has 2 aromatic carbocycles. The van der Waals surface area contributed by atoms with E-state index in [0.717, 1.165) is 33.8 Å². The lowest BCUT2D eigenvalue weighted by Gasteiger charge is -2.33. The van der Waals surface area contributed by atoms with Crippen LogP contribution in [0.25, 0.3) is 0 Å². The van der Waals surface area contributed by atoms with Gasteiger partial charge in [0.25, 0.3) is 0 Å². The quantitative estimate of drug-likeness (QED) is 0.539. The van der Waals surface area contributed by atoms with E-state index >= 15 is 0 Å². The Morgan fingerprint density at radius 2 is 1.17 bits per heavy atom. The molecule has 2 aliphatic heterocycles. The van der Waals surface area contributed by atoms with Crippen LogP contribution < -0.4 is 9.47 Å². The van der Waals surface area contributed by atoms with Crippen LogP contribution in [0.5, 0.6) is 11.5 Å². The van der Waals surface area contributed by atoms with Crippen LogP contribution in [0.2, 0.25) is 0 Å². The van der Waals surface area contributed by atoms with Crippen molar-refractivity contribution in [3.05, 3.63) is 58.7 Å². The van der Waals surface area contributed by atoms with Crippen LogP contribution in [-0.4, -0.2) is 37.1 Å². The minimum Gasteiger partial charge on any atom is -0.462 e. The lowest BCUT2D eigenvalue weighted by Crippen LogP contribution is -2.35. The third-order valence-electron chi connectivity index (χ3n) is 4.92. The molecule has 0 spiro atoms. The van der Waals surface area contributed by atoms with Crippen molar-refractivity contribution in [3.63, 3.8) is 0 Å². The van der Waals surface area contributed by atoms with Gasteiger partial charge in [0.2, 0.25) is 11.6 Å². The molecule has 0 aliphatic carbocycles. The van der Waals surface area contributed by atoms with Gasteiger partial charge in [-0.2, -0.15) is 0 Å². The Morgan fingerprint density at radius 3 is 1.60 bits per heavy atom. The molecule has 6 nitrogen and oxygen atoms in total. The first-order chi connectivity index (χ1) is 14.3. The van der Waals surface area contributed by atoms with Gasteiger partial charge in [0.05, 0.1) is 26.3 Å². The second-order valence-electron chi connectivity index (χ2n) is 8.32.